The predicted molar refractivity (Wildman–Crippen MR) is 236 cm³/mol. The zero-order valence-corrected chi connectivity index (χ0v) is 36.5. The van der Waals surface area contributed by atoms with Crippen LogP contribution in [-0.4, -0.2) is 108 Å². The predicted octanol–water partition coefficient (Wildman–Crippen LogP) is 5.61. The zero-order valence-electron chi connectivity index (χ0n) is 36.5. The van der Waals surface area contributed by atoms with Gasteiger partial charge in [0.05, 0.1) is 52.8 Å². The van der Waals surface area contributed by atoms with Crippen molar-refractivity contribution in [1.82, 2.24) is 43.7 Å². The molecule has 4 aliphatic rings. The molecule has 338 valence electrons. The number of aryl methyl sites for hydroxylation is 1. The van der Waals surface area contributed by atoms with Gasteiger partial charge in [0.2, 0.25) is 5.91 Å². The lowest BCUT2D eigenvalue weighted by molar-refractivity contribution is -0.124. The first-order valence-electron chi connectivity index (χ1n) is 22.3. The number of alkyl halides is 2. The number of para-hydroxylation sites is 1. The van der Waals surface area contributed by atoms with Crippen LogP contribution in [0.2, 0.25) is 0 Å². The van der Waals surface area contributed by atoms with Crippen molar-refractivity contribution in [2.75, 3.05) is 49.5 Å². The van der Waals surface area contributed by atoms with Crippen LogP contribution < -0.4 is 21.2 Å². The fourth-order valence-corrected chi connectivity index (χ4v) is 9.96. The van der Waals surface area contributed by atoms with Gasteiger partial charge in [-0.15, -0.1) is 0 Å². The summed E-state index contributed by atoms with van der Waals surface area (Å²) in [6, 6.07) is 6.78. The molecular formula is C46H55F2N11O5. The summed E-state index contributed by atoms with van der Waals surface area (Å²) in [5, 5.41) is 14.1. The van der Waals surface area contributed by atoms with Crippen molar-refractivity contribution in [3.63, 3.8) is 0 Å². The molecule has 0 bridgehead atoms. The maximum Gasteiger partial charge on any atom is 0.329 e. The van der Waals surface area contributed by atoms with E-state index >= 15 is 0 Å². The largest absolute Gasteiger partial charge is 0.372 e. The topological polar surface area (TPSA) is 158 Å². The van der Waals surface area contributed by atoms with Crippen molar-refractivity contribution >= 4 is 40.0 Å². The number of hydrogen-bond acceptors (Lipinski definition) is 10. The molecule has 9 rings (SSSR count). The molecule has 0 spiro atoms. The van der Waals surface area contributed by atoms with Gasteiger partial charge in [-0.1, -0.05) is 24.5 Å². The molecule has 3 atom stereocenters. The van der Waals surface area contributed by atoms with E-state index in [4.69, 9.17) is 14.5 Å². The molecule has 3 saturated heterocycles. The molecule has 16 nitrogen and oxygen atoms in total. The number of amides is 2. The van der Waals surface area contributed by atoms with Crippen molar-refractivity contribution in [1.29, 1.82) is 0 Å². The number of hydrogen-bond donors (Lipinski definition) is 2. The van der Waals surface area contributed by atoms with Crippen LogP contribution in [0.25, 0.3) is 16.7 Å². The minimum atomic E-state index is -2.87. The lowest BCUT2D eigenvalue weighted by atomic mass is 9.85. The highest BCUT2D eigenvalue weighted by Crippen LogP contribution is 2.36. The smallest absolute Gasteiger partial charge is 0.329 e. The van der Waals surface area contributed by atoms with Crippen molar-refractivity contribution in [3.8, 4) is 11.8 Å². The molecule has 64 heavy (non-hydrogen) atoms. The number of likely N-dealkylation sites (tertiary alicyclic amines) is 1. The van der Waals surface area contributed by atoms with E-state index in [0.717, 1.165) is 58.2 Å². The summed E-state index contributed by atoms with van der Waals surface area (Å²) in [5.74, 6) is 6.73. The number of nitrogens with one attached hydrogen (secondary N) is 2. The number of nitrogens with zero attached hydrogens (tertiary/aromatic N) is 9. The van der Waals surface area contributed by atoms with E-state index in [0.29, 0.717) is 65.6 Å². The second-order valence-corrected chi connectivity index (χ2v) is 17.8. The number of halogens is 2. The number of aromatic nitrogens is 7. The number of carbonyl (C=O) groups is 2. The van der Waals surface area contributed by atoms with E-state index in [1.165, 1.54) is 16.9 Å². The molecule has 4 fully saturated rings. The fraction of sp³-hybridized carbons (Fsp3) is 0.522. The molecule has 4 aromatic heterocycles. The molecule has 1 saturated carbocycles. The lowest BCUT2D eigenvalue weighted by Gasteiger charge is -2.36. The Kier molecular flexibility index (Phi) is 12.4. The van der Waals surface area contributed by atoms with E-state index < -0.39 is 24.1 Å². The van der Waals surface area contributed by atoms with Crippen LogP contribution >= 0.6 is 0 Å². The van der Waals surface area contributed by atoms with Crippen molar-refractivity contribution in [2.45, 2.75) is 102 Å². The number of imidazole rings is 1. The molecule has 1 aromatic carbocycles. The van der Waals surface area contributed by atoms with Gasteiger partial charge in [0.25, 0.3) is 12.3 Å². The van der Waals surface area contributed by atoms with Gasteiger partial charge in [-0.25, -0.2) is 23.1 Å². The molecule has 2 N–H and O–H groups in total. The van der Waals surface area contributed by atoms with E-state index in [1.807, 2.05) is 38.1 Å². The monoisotopic (exact) mass is 879 g/mol. The SMILES string of the molecule is C=C1CCC(n2c(=O)n(C)c3c(C#CCOC4CCN(CC5CCC(n6cc(NC(=O)c7cnn8ccc(N9C[C@@H](C)O[C@H](C)C9)nc78)c(C(F)F)n6)CC5)CC4)cccc32)C(=O)N1. The Bertz CT molecular complexity index is 2670. The molecular weight excluding hydrogens is 825 g/mol. The van der Waals surface area contributed by atoms with E-state index in [1.54, 1.807) is 27.1 Å². The Hall–Kier alpha value is -5.90. The summed E-state index contributed by atoms with van der Waals surface area (Å²) in [5.41, 5.74) is 2.53. The molecule has 3 aliphatic heterocycles. The number of rotatable bonds is 10. The van der Waals surface area contributed by atoms with Crippen LogP contribution in [0.5, 0.6) is 0 Å². The highest BCUT2D eigenvalue weighted by molar-refractivity contribution is 6.08. The normalized spacial score (nSPS) is 23.7. The van der Waals surface area contributed by atoms with Gasteiger partial charge in [0, 0.05) is 57.9 Å². The maximum absolute atomic E-state index is 14.3. The van der Waals surface area contributed by atoms with Crippen LogP contribution in [0, 0.1) is 17.8 Å². The second-order valence-electron chi connectivity index (χ2n) is 17.8. The highest BCUT2D eigenvalue weighted by Gasteiger charge is 2.32. The quantitative estimate of drug-likeness (QED) is 0.169. The molecule has 2 amide bonds. The number of ether oxygens (including phenoxy) is 2. The number of benzene rings is 1. The van der Waals surface area contributed by atoms with Crippen molar-refractivity contribution in [2.24, 2.45) is 13.0 Å². The van der Waals surface area contributed by atoms with E-state index in [2.05, 4.69) is 49.1 Å². The second kappa shape index (κ2) is 18.3. The third kappa shape index (κ3) is 8.93. The highest BCUT2D eigenvalue weighted by atomic mass is 19.3. The van der Waals surface area contributed by atoms with Gasteiger partial charge in [0.1, 0.15) is 24.0 Å². The van der Waals surface area contributed by atoms with Gasteiger partial charge in [0.15, 0.2) is 11.3 Å². The van der Waals surface area contributed by atoms with Crippen LogP contribution in [0.15, 0.2) is 59.9 Å². The Morgan fingerprint density at radius 3 is 2.56 bits per heavy atom. The average Bonchev–Trinajstić information content (AvgIpc) is 3.97. The number of piperidine rings is 2. The molecule has 0 radical (unpaired) electrons. The third-order valence-corrected chi connectivity index (χ3v) is 13.2. The lowest BCUT2D eigenvalue weighted by Crippen LogP contribution is -2.45. The summed E-state index contributed by atoms with van der Waals surface area (Å²) in [4.78, 5) is 49.0. The summed E-state index contributed by atoms with van der Waals surface area (Å²) in [6.07, 6.45) is 8.40. The summed E-state index contributed by atoms with van der Waals surface area (Å²) in [7, 11) is 1.71. The van der Waals surface area contributed by atoms with Crippen molar-refractivity contribution < 1.29 is 27.8 Å². The Labute approximate surface area is 369 Å². The van der Waals surface area contributed by atoms with Gasteiger partial charge >= 0.3 is 5.69 Å². The molecule has 5 aromatic rings. The number of allylic oxidation sites excluding steroid dienone is 1. The van der Waals surface area contributed by atoms with Crippen LogP contribution in [-0.2, 0) is 21.3 Å². The summed E-state index contributed by atoms with van der Waals surface area (Å²) in [6.45, 7) is 12.3. The number of fused-ring (bicyclic) bond motifs is 2. The van der Waals surface area contributed by atoms with Gasteiger partial charge < -0.3 is 29.9 Å². The van der Waals surface area contributed by atoms with Crippen LogP contribution in [0.3, 0.4) is 0 Å². The summed E-state index contributed by atoms with van der Waals surface area (Å²) >= 11 is 0. The van der Waals surface area contributed by atoms with Gasteiger partial charge in [-0.05, 0) is 89.3 Å². The van der Waals surface area contributed by atoms with E-state index in [-0.39, 0.29) is 53.8 Å². The fourth-order valence-electron chi connectivity index (χ4n) is 9.96. The Morgan fingerprint density at radius 2 is 1.83 bits per heavy atom. The molecule has 1 unspecified atom stereocenters. The number of carbonyl (C=O) groups excluding carboxylic acids is 2. The standard InChI is InChI=1S/C46H55F2N11O5/c1-28-10-15-38(45(61)50-28)59-37-9-5-7-32(41(37)54(4)46(59)62)8-6-22-63-34-16-19-55(20-17-34)26-31-11-13-33(14-12-31)58-27-36(40(53-58)42(47)48)51-44(60)35-23-49-57-21-18-39(52-43(35)57)56-24-29(2)64-30(3)25-56/h5,7,9,18,21,23,27,29-31,33-34,38,42H,1,10-17,19-20,22,24-26H2,2-4H3,(H,50,61)(H,51,60)/t29-,30-,31?,33?,38?/m1/s1. The first-order valence-corrected chi connectivity index (χ1v) is 22.3. The number of morpholine rings is 1. The first kappa shape index (κ1) is 43.4. The van der Waals surface area contributed by atoms with Crippen LogP contribution in [0.1, 0.15) is 105 Å². The minimum Gasteiger partial charge on any atom is -0.372 e. The summed E-state index contributed by atoms with van der Waals surface area (Å²) < 4.78 is 46.9. The molecule has 18 heteroatoms. The minimum absolute atomic E-state index is 0.0116. The van der Waals surface area contributed by atoms with Gasteiger partial charge in [-0.2, -0.15) is 10.2 Å². The number of anilines is 2. The maximum atomic E-state index is 14.3. The van der Waals surface area contributed by atoms with Crippen molar-refractivity contribution in [3.05, 3.63) is 82.4 Å². The Balaban J connectivity index is 0.751. The first-order chi connectivity index (χ1) is 30.9. The van der Waals surface area contributed by atoms with Crippen LogP contribution in [0.4, 0.5) is 20.3 Å². The Morgan fingerprint density at radius 1 is 1.06 bits per heavy atom. The zero-order chi connectivity index (χ0) is 44.6. The third-order valence-electron chi connectivity index (χ3n) is 13.2. The average molecular weight is 880 g/mol. The molecule has 1 aliphatic carbocycles. The molecule has 7 heterocycles. The van der Waals surface area contributed by atoms with E-state index in [9.17, 15) is 23.2 Å². The van der Waals surface area contributed by atoms with Gasteiger partial charge in [-0.3, -0.25) is 23.4 Å².